The van der Waals surface area contributed by atoms with E-state index in [1.54, 1.807) is 6.92 Å². The van der Waals surface area contributed by atoms with Crippen molar-refractivity contribution in [1.82, 2.24) is 15.0 Å². The Morgan fingerprint density at radius 3 is 2.19 bits per heavy atom. The predicted molar refractivity (Wildman–Crippen MR) is 104 cm³/mol. The molecule has 138 valence electrons. The SMILES string of the molecule is Cc1ccc(C(=O)N2CCN(c3ccc(-c4noc(C)n4)cc3)CC2)cc1. The maximum absolute atomic E-state index is 12.6. The smallest absolute Gasteiger partial charge is 0.253 e. The fraction of sp³-hybridized carbons (Fsp3) is 0.286. The third-order valence-corrected chi connectivity index (χ3v) is 4.88. The van der Waals surface area contributed by atoms with Gasteiger partial charge in [0.25, 0.3) is 5.91 Å². The Bertz CT molecular complexity index is 924. The van der Waals surface area contributed by atoms with Crippen LogP contribution in [-0.2, 0) is 0 Å². The van der Waals surface area contributed by atoms with E-state index in [1.807, 2.05) is 48.2 Å². The minimum Gasteiger partial charge on any atom is -0.368 e. The molecule has 0 aliphatic carbocycles. The summed E-state index contributed by atoms with van der Waals surface area (Å²) < 4.78 is 5.03. The normalized spacial score (nSPS) is 14.4. The number of benzene rings is 2. The maximum atomic E-state index is 12.6. The average Bonchev–Trinajstić information content (AvgIpc) is 3.15. The third-order valence-electron chi connectivity index (χ3n) is 4.88. The number of carbonyl (C=O) groups is 1. The lowest BCUT2D eigenvalue weighted by Gasteiger charge is -2.36. The summed E-state index contributed by atoms with van der Waals surface area (Å²) >= 11 is 0. The summed E-state index contributed by atoms with van der Waals surface area (Å²) in [6, 6.07) is 15.9. The first-order valence-electron chi connectivity index (χ1n) is 9.12. The average molecular weight is 362 g/mol. The molecule has 6 nitrogen and oxygen atoms in total. The standard InChI is InChI=1S/C21H22N4O2/c1-15-3-5-18(6-4-15)21(26)25-13-11-24(12-14-25)19-9-7-17(8-10-19)20-22-16(2)27-23-20/h3-10H,11-14H2,1-2H3. The van der Waals surface area contributed by atoms with Gasteiger partial charge in [0.15, 0.2) is 0 Å². The molecule has 1 aliphatic rings. The summed E-state index contributed by atoms with van der Waals surface area (Å²) in [6.07, 6.45) is 0. The van der Waals surface area contributed by atoms with E-state index in [9.17, 15) is 4.79 Å². The van der Waals surface area contributed by atoms with Gasteiger partial charge >= 0.3 is 0 Å². The van der Waals surface area contributed by atoms with Crippen molar-refractivity contribution in [1.29, 1.82) is 0 Å². The Morgan fingerprint density at radius 1 is 0.926 bits per heavy atom. The van der Waals surface area contributed by atoms with Gasteiger partial charge < -0.3 is 14.3 Å². The van der Waals surface area contributed by atoms with E-state index in [4.69, 9.17) is 4.52 Å². The highest BCUT2D eigenvalue weighted by molar-refractivity contribution is 5.94. The van der Waals surface area contributed by atoms with E-state index >= 15 is 0 Å². The monoisotopic (exact) mass is 362 g/mol. The zero-order chi connectivity index (χ0) is 18.8. The molecular weight excluding hydrogens is 340 g/mol. The van der Waals surface area contributed by atoms with E-state index < -0.39 is 0 Å². The first-order valence-corrected chi connectivity index (χ1v) is 9.12. The van der Waals surface area contributed by atoms with Crippen LogP contribution in [-0.4, -0.2) is 47.1 Å². The molecule has 1 aliphatic heterocycles. The Kier molecular flexibility index (Phi) is 4.62. The number of aromatic nitrogens is 2. The van der Waals surface area contributed by atoms with E-state index in [1.165, 1.54) is 0 Å². The number of carbonyl (C=O) groups excluding carboxylic acids is 1. The quantitative estimate of drug-likeness (QED) is 0.715. The van der Waals surface area contributed by atoms with Crippen LogP contribution in [0.4, 0.5) is 5.69 Å². The molecule has 1 aromatic heterocycles. The van der Waals surface area contributed by atoms with Crippen LogP contribution in [0.1, 0.15) is 21.8 Å². The molecular formula is C21H22N4O2. The number of aryl methyl sites for hydroxylation is 2. The summed E-state index contributed by atoms with van der Waals surface area (Å²) in [7, 11) is 0. The van der Waals surface area contributed by atoms with E-state index in [0.717, 1.165) is 48.6 Å². The molecule has 0 unspecified atom stereocenters. The highest BCUT2D eigenvalue weighted by atomic mass is 16.5. The van der Waals surface area contributed by atoms with Crippen LogP contribution < -0.4 is 4.90 Å². The lowest BCUT2D eigenvalue weighted by molar-refractivity contribution is 0.0747. The first kappa shape index (κ1) is 17.3. The van der Waals surface area contributed by atoms with Crippen molar-refractivity contribution in [2.45, 2.75) is 13.8 Å². The van der Waals surface area contributed by atoms with Crippen molar-refractivity contribution >= 4 is 11.6 Å². The second kappa shape index (κ2) is 7.23. The molecule has 0 saturated carbocycles. The molecule has 1 amide bonds. The Morgan fingerprint density at radius 2 is 1.59 bits per heavy atom. The first-order chi connectivity index (χ1) is 13.1. The fourth-order valence-electron chi connectivity index (χ4n) is 3.28. The van der Waals surface area contributed by atoms with Gasteiger partial charge in [0.05, 0.1) is 0 Å². The van der Waals surface area contributed by atoms with Gasteiger partial charge in [-0.25, -0.2) is 0 Å². The number of anilines is 1. The molecule has 27 heavy (non-hydrogen) atoms. The molecule has 0 N–H and O–H groups in total. The van der Waals surface area contributed by atoms with E-state index in [-0.39, 0.29) is 5.91 Å². The minimum atomic E-state index is 0.109. The van der Waals surface area contributed by atoms with Crippen LogP contribution in [0.5, 0.6) is 0 Å². The van der Waals surface area contributed by atoms with Crippen molar-refractivity contribution in [3.8, 4) is 11.4 Å². The Balaban J connectivity index is 1.39. The summed E-state index contributed by atoms with van der Waals surface area (Å²) in [5.41, 5.74) is 4.00. The number of piperazine rings is 1. The molecule has 6 heteroatoms. The Labute approximate surface area is 158 Å². The molecule has 0 radical (unpaired) electrons. The zero-order valence-corrected chi connectivity index (χ0v) is 15.6. The van der Waals surface area contributed by atoms with Gasteiger partial charge in [0.2, 0.25) is 11.7 Å². The molecule has 3 aromatic rings. The van der Waals surface area contributed by atoms with Gasteiger partial charge in [0.1, 0.15) is 0 Å². The molecule has 1 fully saturated rings. The summed E-state index contributed by atoms with van der Waals surface area (Å²) in [5, 5.41) is 3.95. The third kappa shape index (κ3) is 3.69. The number of nitrogens with zero attached hydrogens (tertiary/aromatic N) is 4. The fourth-order valence-corrected chi connectivity index (χ4v) is 3.28. The van der Waals surface area contributed by atoms with Crippen molar-refractivity contribution < 1.29 is 9.32 Å². The molecule has 2 aromatic carbocycles. The van der Waals surface area contributed by atoms with Gasteiger partial charge in [-0.3, -0.25) is 4.79 Å². The molecule has 0 bridgehead atoms. The second-order valence-electron chi connectivity index (χ2n) is 6.83. The number of hydrogen-bond donors (Lipinski definition) is 0. The maximum Gasteiger partial charge on any atom is 0.253 e. The van der Waals surface area contributed by atoms with Gasteiger partial charge in [-0.15, -0.1) is 0 Å². The number of hydrogen-bond acceptors (Lipinski definition) is 5. The van der Waals surface area contributed by atoms with Crippen LogP contribution in [0.25, 0.3) is 11.4 Å². The van der Waals surface area contributed by atoms with Gasteiger partial charge in [-0.2, -0.15) is 4.98 Å². The number of amides is 1. The summed E-state index contributed by atoms with van der Waals surface area (Å²) in [4.78, 5) is 21.1. The minimum absolute atomic E-state index is 0.109. The van der Waals surface area contributed by atoms with Crippen molar-refractivity contribution in [2.24, 2.45) is 0 Å². The largest absolute Gasteiger partial charge is 0.368 e. The van der Waals surface area contributed by atoms with Gasteiger partial charge in [-0.1, -0.05) is 22.9 Å². The van der Waals surface area contributed by atoms with Gasteiger partial charge in [-0.05, 0) is 43.3 Å². The zero-order valence-electron chi connectivity index (χ0n) is 15.6. The Hall–Kier alpha value is -3.15. The van der Waals surface area contributed by atoms with Crippen LogP contribution >= 0.6 is 0 Å². The van der Waals surface area contributed by atoms with Crippen molar-refractivity contribution in [2.75, 3.05) is 31.1 Å². The van der Waals surface area contributed by atoms with Crippen LogP contribution in [0.3, 0.4) is 0 Å². The summed E-state index contributed by atoms with van der Waals surface area (Å²) in [5.74, 6) is 1.27. The topological polar surface area (TPSA) is 62.5 Å². The van der Waals surface area contributed by atoms with Crippen LogP contribution in [0, 0.1) is 13.8 Å². The van der Waals surface area contributed by atoms with E-state index in [2.05, 4.69) is 27.2 Å². The lowest BCUT2D eigenvalue weighted by Crippen LogP contribution is -2.48. The highest BCUT2D eigenvalue weighted by Crippen LogP contribution is 2.22. The molecule has 4 rings (SSSR count). The molecule has 2 heterocycles. The number of rotatable bonds is 3. The molecule has 0 atom stereocenters. The lowest BCUT2D eigenvalue weighted by atomic mass is 10.1. The predicted octanol–water partition coefficient (Wildman–Crippen LogP) is 3.32. The summed E-state index contributed by atoms with van der Waals surface area (Å²) in [6.45, 7) is 6.88. The van der Waals surface area contributed by atoms with Crippen molar-refractivity contribution in [3.63, 3.8) is 0 Å². The van der Waals surface area contributed by atoms with Crippen LogP contribution in [0.15, 0.2) is 53.1 Å². The van der Waals surface area contributed by atoms with E-state index in [0.29, 0.717) is 11.7 Å². The highest BCUT2D eigenvalue weighted by Gasteiger charge is 2.22. The van der Waals surface area contributed by atoms with Crippen molar-refractivity contribution in [3.05, 3.63) is 65.5 Å². The molecule has 1 saturated heterocycles. The second-order valence-corrected chi connectivity index (χ2v) is 6.83. The molecule has 0 spiro atoms. The van der Waals surface area contributed by atoms with Crippen LogP contribution in [0.2, 0.25) is 0 Å². The van der Waals surface area contributed by atoms with Gasteiger partial charge in [0, 0.05) is 49.9 Å².